The van der Waals surface area contributed by atoms with Gasteiger partial charge in [-0.2, -0.15) is 5.10 Å². The van der Waals surface area contributed by atoms with Crippen LogP contribution in [0.25, 0.3) is 0 Å². The Morgan fingerprint density at radius 3 is 2.64 bits per heavy atom. The second-order valence-corrected chi connectivity index (χ2v) is 7.00. The van der Waals surface area contributed by atoms with Crippen molar-refractivity contribution in [3.63, 3.8) is 0 Å². The highest BCUT2D eigenvalue weighted by molar-refractivity contribution is 7.11. The van der Waals surface area contributed by atoms with Crippen molar-refractivity contribution in [2.45, 2.75) is 26.6 Å². The van der Waals surface area contributed by atoms with E-state index in [1.54, 1.807) is 18.4 Å². The minimum atomic E-state index is 0.672. The molecule has 0 aliphatic heterocycles. The summed E-state index contributed by atoms with van der Waals surface area (Å²) in [5.74, 6) is 0.753. The van der Waals surface area contributed by atoms with E-state index in [9.17, 15) is 0 Å². The lowest BCUT2D eigenvalue weighted by atomic mass is 10.2. The van der Waals surface area contributed by atoms with Gasteiger partial charge in [0.05, 0.1) is 19.3 Å². The molecule has 0 spiro atoms. The summed E-state index contributed by atoms with van der Waals surface area (Å²) in [7, 11) is 1.77. The average Bonchev–Trinajstić information content (AvgIpc) is 3.25. The van der Waals surface area contributed by atoms with E-state index >= 15 is 0 Å². The molecule has 0 aliphatic carbocycles. The van der Waals surface area contributed by atoms with E-state index in [2.05, 4.69) is 51.0 Å². The second-order valence-electron chi connectivity index (χ2n) is 5.68. The summed E-state index contributed by atoms with van der Waals surface area (Å²) < 4.78 is 1.95. The lowest BCUT2D eigenvalue weighted by Crippen LogP contribution is -2.36. The number of aliphatic imine (C=N–C) groups is 1. The van der Waals surface area contributed by atoms with Gasteiger partial charge < -0.3 is 10.6 Å². The Balaban J connectivity index is 1.48. The molecule has 0 atom stereocenters. The molecule has 0 bridgehead atoms. The molecule has 0 fully saturated rings. The average molecular weight is 354 g/mol. The van der Waals surface area contributed by atoms with E-state index in [1.807, 2.05) is 35.3 Å². The number of hydrogen-bond donors (Lipinski definition) is 2. The monoisotopic (exact) mass is 354 g/mol. The summed E-state index contributed by atoms with van der Waals surface area (Å²) in [6.45, 7) is 4.18. The van der Waals surface area contributed by atoms with Crippen molar-refractivity contribution in [1.29, 1.82) is 0 Å². The van der Waals surface area contributed by atoms with Gasteiger partial charge in [-0.05, 0) is 12.5 Å². The first-order valence-corrected chi connectivity index (χ1v) is 8.95. The third-order valence-corrected chi connectivity index (χ3v) is 4.55. The van der Waals surface area contributed by atoms with E-state index in [1.165, 1.54) is 10.4 Å². The molecule has 7 heteroatoms. The zero-order chi connectivity index (χ0) is 17.5. The van der Waals surface area contributed by atoms with Crippen LogP contribution in [0.2, 0.25) is 0 Å². The fraction of sp³-hybridized carbons (Fsp3) is 0.278. The molecule has 2 N–H and O–H groups in total. The maximum Gasteiger partial charge on any atom is 0.191 e. The number of aromatic nitrogens is 3. The molecular weight excluding hydrogens is 332 g/mol. The first-order chi connectivity index (χ1) is 12.2. The standard InChI is InChI=1S/C18H22N6S/c1-14-8-20-17(25-14)11-22-18(19-2)21-9-16-10-23-24(13-16)12-15-6-4-3-5-7-15/h3-8,10,13H,9,11-12H2,1-2H3,(H2,19,21,22). The normalized spacial score (nSPS) is 11.5. The molecule has 0 saturated heterocycles. The lowest BCUT2D eigenvalue weighted by molar-refractivity contribution is 0.685. The van der Waals surface area contributed by atoms with Crippen LogP contribution in [-0.2, 0) is 19.6 Å². The van der Waals surface area contributed by atoms with Crippen molar-refractivity contribution >= 4 is 17.3 Å². The second kappa shape index (κ2) is 8.43. The van der Waals surface area contributed by atoms with Crippen molar-refractivity contribution < 1.29 is 0 Å². The van der Waals surface area contributed by atoms with Crippen LogP contribution < -0.4 is 10.6 Å². The van der Waals surface area contributed by atoms with Gasteiger partial charge in [0.2, 0.25) is 0 Å². The van der Waals surface area contributed by atoms with Gasteiger partial charge in [0.1, 0.15) is 5.01 Å². The maximum atomic E-state index is 4.42. The van der Waals surface area contributed by atoms with Gasteiger partial charge >= 0.3 is 0 Å². The Labute approximate surface area is 151 Å². The Hall–Kier alpha value is -2.67. The van der Waals surface area contributed by atoms with Crippen molar-refractivity contribution in [3.8, 4) is 0 Å². The van der Waals surface area contributed by atoms with Crippen LogP contribution in [0.3, 0.4) is 0 Å². The quantitative estimate of drug-likeness (QED) is 0.527. The lowest BCUT2D eigenvalue weighted by Gasteiger charge is -2.09. The van der Waals surface area contributed by atoms with Gasteiger partial charge in [-0.15, -0.1) is 11.3 Å². The van der Waals surface area contributed by atoms with Crippen LogP contribution in [0, 0.1) is 6.92 Å². The number of guanidine groups is 1. The molecule has 130 valence electrons. The summed E-state index contributed by atoms with van der Waals surface area (Å²) >= 11 is 1.69. The zero-order valence-electron chi connectivity index (χ0n) is 14.4. The molecule has 1 aromatic carbocycles. The van der Waals surface area contributed by atoms with Gasteiger partial charge in [-0.25, -0.2) is 4.98 Å². The van der Waals surface area contributed by atoms with Crippen molar-refractivity contribution in [1.82, 2.24) is 25.4 Å². The topological polar surface area (TPSA) is 67.1 Å². The smallest absolute Gasteiger partial charge is 0.191 e. The predicted octanol–water partition coefficient (Wildman–Crippen LogP) is 2.56. The van der Waals surface area contributed by atoms with E-state index < -0.39 is 0 Å². The summed E-state index contributed by atoms with van der Waals surface area (Å²) in [5, 5.41) is 12.0. The first-order valence-electron chi connectivity index (χ1n) is 8.14. The highest BCUT2D eigenvalue weighted by atomic mass is 32.1. The molecule has 3 rings (SSSR count). The molecule has 6 nitrogen and oxygen atoms in total. The van der Waals surface area contributed by atoms with Crippen molar-refractivity contribution in [3.05, 3.63) is 69.9 Å². The molecule has 0 radical (unpaired) electrons. The number of nitrogens with zero attached hydrogens (tertiary/aromatic N) is 4. The van der Waals surface area contributed by atoms with E-state index in [0.717, 1.165) is 23.1 Å². The molecule has 2 aromatic heterocycles. The molecular formula is C18H22N6S. The minimum Gasteiger partial charge on any atom is -0.352 e. The van der Waals surface area contributed by atoms with Crippen molar-refractivity contribution in [2.75, 3.05) is 7.05 Å². The van der Waals surface area contributed by atoms with Crippen LogP contribution in [0.15, 0.2) is 53.9 Å². The Morgan fingerprint density at radius 2 is 1.92 bits per heavy atom. The fourth-order valence-corrected chi connectivity index (χ4v) is 3.13. The molecule has 25 heavy (non-hydrogen) atoms. The molecule has 2 heterocycles. The van der Waals surface area contributed by atoms with Crippen LogP contribution >= 0.6 is 11.3 Å². The summed E-state index contributed by atoms with van der Waals surface area (Å²) in [6, 6.07) is 10.3. The van der Waals surface area contributed by atoms with Gasteiger partial charge in [0.25, 0.3) is 0 Å². The van der Waals surface area contributed by atoms with Gasteiger partial charge in [0.15, 0.2) is 5.96 Å². The summed E-state index contributed by atoms with van der Waals surface area (Å²) in [4.78, 5) is 9.80. The molecule has 0 aliphatic rings. The van der Waals surface area contributed by atoms with E-state index in [0.29, 0.717) is 13.1 Å². The Kier molecular flexibility index (Phi) is 5.79. The fourth-order valence-electron chi connectivity index (χ4n) is 2.40. The summed E-state index contributed by atoms with van der Waals surface area (Å²) in [5.41, 5.74) is 2.35. The van der Waals surface area contributed by atoms with Gasteiger partial charge in [0, 0.05) is 36.4 Å². The molecule has 3 aromatic rings. The third-order valence-electron chi connectivity index (χ3n) is 3.63. The SMILES string of the molecule is CN=C(NCc1cnn(Cc2ccccc2)c1)NCc1ncc(C)s1. The van der Waals surface area contributed by atoms with Crippen LogP contribution in [0.5, 0.6) is 0 Å². The van der Waals surface area contributed by atoms with Crippen LogP contribution in [0.1, 0.15) is 21.0 Å². The number of aryl methyl sites for hydroxylation is 1. The van der Waals surface area contributed by atoms with Crippen LogP contribution in [0.4, 0.5) is 0 Å². The maximum absolute atomic E-state index is 4.42. The highest BCUT2D eigenvalue weighted by Crippen LogP contribution is 2.10. The Morgan fingerprint density at radius 1 is 1.12 bits per heavy atom. The number of benzene rings is 1. The van der Waals surface area contributed by atoms with E-state index in [4.69, 9.17) is 0 Å². The van der Waals surface area contributed by atoms with Gasteiger partial charge in [-0.1, -0.05) is 30.3 Å². The predicted molar refractivity (Wildman–Crippen MR) is 102 cm³/mol. The Bertz CT molecular complexity index is 821. The number of rotatable bonds is 6. The van der Waals surface area contributed by atoms with Crippen molar-refractivity contribution in [2.24, 2.45) is 4.99 Å². The first kappa shape index (κ1) is 17.2. The van der Waals surface area contributed by atoms with E-state index in [-0.39, 0.29) is 0 Å². The number of thiazole rings is 1. The van der Waals surface area contributed by atoms with Crippen LogP contribution in [-0.4, -0.2) is 27.8 Å². The number of nitrogens with one attached hydrogen (secondary N) is 2. The highest BCUT2D eigenvalue weighted by Gasteiger charge is 2.04. The summed E-state index contributed by atoms with van der Waals surface area (Å²) in [6.07, 6.45) is 5.82. The zero-order valence-corrected chi connectivity index (χ0v) is 15.3. The molecule has 0 saturated carbocycles. The third kappa shape index (κ3) is 5.15. The molecule has 0 amide bonds. The largest absolute Gasteiger partial charge is 0.352 e. The van der Waals surface area contributed by atoms with Gasteiger partial charge in [-0.3, -0.25) is 9.67 Å². The number of hydrogen-bond acceptors (Lipinski definition) is 4. The molecule has 0 unspecified atom stereocenters. The minimum absolute atomic E-state index is 0.672.